The largest absolute Gasteiger partial charge is 0.355 e. The lowest BCUT2D eigenvalue weighted by atomic mass is 10.3. The third kappa shape index (κ3) is 2.62. The molecule has 94 valence electrons. The molecule has 2 aromatic rings. The highest BCUT2D eigenvalue weighted by atomic mass is 32.1. The van der Waals surface area contributed by atoms with E-state index in [4.69, 9.17) is 0 Å². The van der Waals surface area contributed by atoms with Crippen LogP contribution >= 0.6 is 11.3 Å². The molecule has 0 spiro atoms. The van der Waals surface area contributed by atoms with Crippen molar-refractivity contribution in [1.29, 1.82) is 0 Å². The number of aromatic nitrogens is 2. The normalized spacial score (nSPS) is 12.1. The van der Waals surface area contributed by atoms with Crippen LogP contribution in [-0.4, -0.2) is 14.9 Å². The Morgan fingerprint density at radius 2 is 2.28 bits per heavy atom. The molecule has 0 bridgehead atoms. The van der Waals surface area contributed by atoms with Crippen molar-refractivity contribution in [2.24, 2.45) is 0 Å². The molecular formula is C11H12N4O2S. The molecule has 2 aromatic heterocycles. The van der Waals surface area contributed by atoms with Gasteiger partial charge in [0.15, 0.2) is 0 Å². The predicted octanol–water partition coefficient (Wildman–Crippen LogP) is 2.93. The fourth-order valence-electron chi connectivity index (χ4n) is 1.52. The minimum atomic E-state index is -0.441. The van der Waals surface area contributed by atoms with E-state index in [2.05, 4.69) is 15.3 Å². The Kier molecular flexibility index (Phi) is 3.52. The number of nitrogens with one attached hydrogen (secondary N) is 1. The summed E-state index contributed by atoms with van der Waals surface area (Å²) in [5, 5.41) is 16.7. The summed E-state index contributed by atoms with van der Waals surface area (Å²) in [5.41, 5.74) is 0.707. The van der Waals surface area contributed by atoms with Crippen molar-refractivity contribution >= 4 is 22.8 Å². The Morgan fingerprint density at radius 1 is 1.50 bits per heavy atom. The minimum absolute atomic E-state index is 0.0241. The highest BCUT2D eigenvalue weighted by Gasteiger charge is 2.18. The van der Waals surface area contributed by atoms with Gasteiger partial charge in [-0.25, -0.2) is 9.97 Å². The first-order valence-electron chi connectivity index (χ1n) is 5.36. The minimum Gasteiger partial charge on any atom is -0.355 e. The highest BCUT2D eigenvalue weighted by Crippen LogP contribution is 2.26. The second-order valence-corrected chi connectivity index (χ2v) is 4.74. The topological polar surface area (TPSA) is 81.0 Å². The zero-order chi connectivity index (χ0) is 13.1. The summed E-state index contributed by atoms with van der Waals surface area (Å²) >= 11 is 1.50. The molecule has 0 aromatic carbocycles. The van der Waals surface area contributed by atoms with Crippen molar-refractivity contribution in [3.63, 3.8) is 0 Å². The summed E-state index contributed by atoms with van der Waals surface area (Å²) in [7, 11) is 0. The lowest BCUT2D eigenvalue weighted by molar-refractivity contribution is -0.384. The summed E-state index contributed by atoms with van der Waals surface area (Å²) < 4.78 is 0. The number of rotatable bonds is 4. The van der Waals surface area contributed by atoms with Crippen molar-refractivity contribution < 1.29 is 4.92 Å². The molecule has 1 unspecified atom stereocenters. The fourth-order valence-corrected chi connectivity index (χ4v) is 2.16. The van der Waals surface area contributed by atoms with Gasteiger partial charge in [0.05, 0.1) is 11.0 Å². The van der Waals surface area contributed by atoms with Crippen LogP contribution in [0.15, 0.2) is 23.7 Å². The number of hydrogen-bond acceptors (Lipinski definition) is 6. The van der Waals surface area contributed by atoms with Gasteiger partial charge in [-0.1, -0.05) is 0 Å². The number of hydrogen-bond donors (Lipinski definition) is 1. The Morgan fingerprint density at radius 3 is 2.89 bits per heavy atom. The van der Waals surface area contributed by atoms with E-state index in [-0.39, 0.29) is 17.5 Å². The van der Waals surface area contributed by atoms with Crippen LogP contribution in [0.1, 0.15) is 23.7 Å². The average Bonchev–Trinajstić information content (AvgIpc) is 2.81. The molecule has 6 nitrogen and oxygen atoms in total. The Hall–Kier alpha value is -2.02. The van der Waals surface area contributed by atoms with Crippen LogP contribution in [-0.2, 0) is 0 Å². The standard InChI is InChI=1S/C11H12N4O2S/c1-7-3-4-9(15(16)17)10(13-7)14-8(2)11-12-5-6-18-11/h3-6,8H,1-2H3,(H,13,14). The van der Waals surface area contributed by atoms with E-state index in [1.54, 1.807) is 19.2 Å². The van der Waals surface area contributed by atoms with Crippen molar-refractivity contribution in [3.8, 4) is 0 Å². The number of pyridine rings is 1. The van der Waals surface area contributed by atoms with Crippen LogP contribution in [0.25, 0.3) is 0 Å². The molecule has 0 saturated heterocycles. The molecule has 0 fully saturated rings. The maximum Gasteiger partial charge on any atom is 0.311 e. The lowest BCUT2D eigenvalue weighted by Crippen LogP contribution is -2.10. The predicted molar refractivity (Wildman–Crippen MR) is 69.8 cm³/mol. The van der Waals surface area contributed by atoms with E-state index in [9.17, 15) is 10.1 Å². The third-order valence-electron chi connectivity index (χ3n) is 2.38. The van der Waals surface area contributed by atoms with Gasteiger partial charge < -0.3 is 5.32 Å². The first-order valence-corrected chi connectivity index (χ1v) is 6.24. The second kappa shape index (κ2) is 5.09. The average molecular weight is 264 g/mol. The van der Waals surface area contributed by atoms with Crippen molar-refractivity contribution in [1.82, 2.24) is 9.97 Å². The maximum absolute atomic E-state index is 10.9. The van der Waals surface area contributed by atoms with Crippen molar-refractivity contribution in [2.75, 3.05) is 5.32 Å². The Balaban J connectivity index is 2.28. The molecule has 0 aliphatic heterocycles. The Labute approximate surface area is 108 Å². The summed E-state index contributed by atoms with van der Waals surface area (Å²) in [4.78, 5) is 18.8. The molecule has 7 heteroatoms. The van der Waals surface area contributed by atoms with E-state index in [0.717, 1.165) is 10.7 Å². The quantitative estimate of drug-likeness (QED) is 0.678. The van der Waals surface area contributed by atoms with Gasteiger partial charge in [0.2, 0.25) is 5.82 Å². The van der Waals surface area contributed by atoms with E-state index >= 15 is 0 Å². The molecule has 1 atom stereocenters. The summed E-state index contributed by atoms with van der Waals surface area (Å²) in [5.74, 6) is 0.280. The summed E-state index contributed by atoms with van der Waals surface area (Å²) in [6.07, 6.45) is 1.70. The molecule has 0 aliphatic carbocycles. The smallest absolute Gasteiger partial charge is 0.311 e. The molecule has 1 N–H and O–H groups in total. The van der Waals surface area contributed by atoms with Crippen LogP contribution in [0.4, 0.5) is 11.5 Å². The first-order chi connectivity index (χ1) is 8.58. The van der Waals surface area contributed by atoms with Gasteiger partial charge in [0.25, 0.3) is 0 Å². The molecule has 0 saturated carbocycles. The first kappa shape index (κ1) is 12.4. The monoisotopic (exact) mass is 264 g/mol. The Bertz CT molecular complexity index is 556. The zero-order valence-electron chi connectivity index (χ0n) is 9.95. The van der Waals surface area contributed by atoms with Gasteiger partial charge in [-0.3, -0.25) is 10.1 Å². The molecule has 0 amide bonds. The van der Waals surface area contributed by atoms with Gasteiger partial charge in [0, 0.05) is 23.3 Å². The molecule has 0 aliphatic rings. The lowest BCUT2D eigenvalue weighted by Gasteiger charge is -2.12. The number of anilines is 1. The third-order valence-corrected chi connectivity index (χ3v) is 3.34. The molecular weight excluding hydrogens is 252 g/mol. The van der Waals surface area contributed by atoms with Gasteiger partial charge in [0.1, 0.15) is 5.01 Å². The van der Waals surface area contributed by atoms with Gasteiger partial charge in [-0.15, -0.1) is 11.3 Å². The molecule has 2 heterocycles. The van der Waals surface area contributed by atoms with Crippen molar-refractivity contribution in [3.05, 3.63) is 44.5 Å². The van der Waals surface area contributed by atoms with Crippen LogP contribution in [0.2, 0.25) is 0 Å². The number of aryl methyl sites for hydroxylation is 1. The van der Waals surface area contributed by atoms with Crippen LogP contribution in [0, 0.1) is 17.0 Å². The fraction of sp³-hybridized carbons (Fsp3) is 0.273. The van der Waals surface area contributed by atoms with E-state index in [0.29, 0.717) is 0 Å². The highest BCUT2D eigenvalue weighted by molar-refractivity contribution is 7.09. The number of nitro groups is 1. The van der Waals surface area contributed by atoms with Gasteiger partial charge in [-0.2, -0.15) is 0 Å². The molecule has 0 radical (unpaired) electrons. The van der Waals surface area contributed by atoms with E-state index < -0.39 is 4.92 Å². The van der Waals surface area contributed by atoms with Crippen LogP contribution in [0.3, 0.4) is 0 Å². The van der Waals surface area contributed by atoms with Crippen LogP contribution in [0.5, 0.6) is 0 Å². The maximum atomic E-state index is 10.9. The number of nitrogens with zero attached hydrogens (tertiary/aromatic N) is 3. The zero-order valence-corrected chi connectivity index (χ0v) is 10.8. The second-order valence-electron chi connectivity index (χ2n) is 3.81. The van der Waals surface area contributed by atoms with Gasteiger partial charge in [-0.05, 0) is 19.9 Å². The summed E-state index contributed by atoms with van der Waals surface area (Å²) in [6.45, 7) is 3.69. The number of thiazole rings is 1. The summed E-state index contributed by atoms with van der Waals surface area (Å²) in [6, 6.07) is 2.97. The van der Waals surface area contributed by atoms with Crippen molar-refractivity contribution in [2.45, 2.75) is 19.9 Å². The van der Waals surface area contributed by atoms with E-state index in [1.807, 2.05) is 12.3 Å². The molecule has 2 rings (SSSR count). The van der Waals surface area contributed by atoms with Crippen LogP contribution < -0.4 is 5.32 Å². The molecule has 18 heavy (non-hydrogen) atoms. The van der Waals surface area contributed by atoms with E-state index in [1.165, 1.54) is 17.4 Å². The van der Waals surface area contributed by atoms with Gasteiger partial charge >= 0.3 is 5.69 Å². The SMILES string of the molecule is Cc1ccc([N+](=O)[O-])c(NC(C)c2nccs2)n1.